The number of hydrogen-bond acceptors (Lipinski definition) is 2. The summed E-state index contributed by atoms with van der Waals surface area (Å²) in [4.78, 5) is 10.6. The summed E-state index contributed by atoms with van der Waals surface area (Å²) in [6, 6.07) is 5.46. The van der Waals surface area contributed by atoms with E-state index in [4.69, 9.17) is 5.11 Å². The Hall–Kier alpha value is -2.17. The summed E-state index contributed by atoms with van der Waals surface area (Å²) in [6.07, 6.45) is 1.62. The van der Waals surface area contributed by atoms with Gasteiger partial charge in [0.1, 0.15) is 11.5 Å². The largest absolute Gasteiger partial charge is 0.478 e. The van der Waals surface area contributed by atoms with Crippen LogP contribution in [0.15, 0.2) is 30.5 Å². The van der Waals surface area contributed by atoms with Crippen LogP contribution in [0, 0.1) is 12.7 Å². The van der Waals surface area contributed by atoms with Gasteiger partial charge in [-0.05, 0) is 31.2 Å². The maximum Gasteiger partial charge on any atom is 0.335 e. The molecule has 16 heavy (non-hydrogen) atoms. The van der Waals surface area contributed by atoms with E-state index in [0.717, 1.165) is 11.8 Å². The number of nitrogens with zero attached hydrogens (tertiary/aromatic N) is 2. The highest BCUT2D eigenvalue weighted by Crippen LogP contribution is 2.14. The van der Waals surface area contributed by atoms with Crippen LogP contribution in [0.1, 0.15) is 16.1 Å². The zero-order valence-corrected chi connectivity index (χ0v) is 8.51. The van der Waals surface area contributed by atoms with E-state index < -0.39 is 11.8 Å². The van der Waals surface area contributed by atoms with E-state index in [0.29, 0.717) is 0 Å². The van der Waals surface area contributed by atoms with Crippen LogP contribution in [-0.2, 0) is 0 Å². The lowest BCUT2D eigenvalue weighted by atomic mass is 10.2. The molecule has 2 aromatic rings. The van der Waals surface area contributed by atoms with Gasteiger partial charge in [-0.25, -0.2) is 13.9 Å². The number of hydrogen-bond donors (Lipinski definition) is 1. The second-order valence-electron chi connectivity index (χ2n) is 3.37. The summed E-state index contributed by atoms with van der Waals surface area (Å²) in [5.74, 6) is -1.76. The Labute approximate surface area is 90.9 Å². The van der Waals surface area contributed by atoms with Gasteiger partial charge in [0.05, 0.1) is 11.3 Å². The number of aromatic carboxylic acids is 1. The third kappa shape index (κ3) is 1.79. The molecule has 1 aromatic carbocycles. The molecule has 0 aliphatic carbocycles. The van der Waals surface area contributed by atoms with E-state index in [9.17, 15) is 9.18 Å². The minimum absolute atomic E-state index is 0.0786. The lowest BCUT2D eigenvalue weighted by molar-refractivity contribution is 0.0696. The quantitative estimate of drug-likeness (QED) is 0.842. The summed E-state index contributed by atoms with van der Waals surface area (Å²) in [7, 11) is 0. The minimum Gasteiger partial charge on any atom is -0.478 e. The molecule has 0 fully saturated rings. The molecule has 0 bridgehead atoms. The highest BCUT2D eigenvalue weighted by Gasteiger charge is 2.09. The van der Waals surface area contributed by atoms with Crippen molar-refractivity contribution in [2.24, 2.45) is 0 Å². The van der Waals surface area contributed by atoms with E-state index in [1.54, 1.807) is 19.2 Å². The van der Waals surface area contributed by atoms with Gasteiger partial charge in [0, 0.05) is 6.20 Å². The van der Waals surface area contributed by atoms with Gasteiger partial charge in [-0.3, -0.25) is 0 Å². The third-order valence-electron chi connectivity index (χ3n) is 2.16. The smallest absolute Gasteiger partial charge is 0.335 e. The van der Waals surface area contributed by atoms with Gasteiger partial charge in [-0.2, -0.15) is 5.10 Å². The standard InChI is InChI=1S/C11H9FN2O2/c1-7-4-5-14(13-7)10-3-2-8(11(15)16)6-9(10)12/h2-6H,1H3,(H,15,16). The molecule has 1 aromatic heterocycles. The molecule has 5 heteroatoms. The number of rotatable bonds is 2. The fraction of sp³-hybridized carbons (Fsp3) is 0.0909. The van der Waals surface area contributed by atoms with Crippen molar-refractivity contribution in [3.63, 3.8) is 0 Å². The van der Waals surface area contributed by atoms with Crippen molar-refractivity contribution < 1.29 is 14.3 Å². The van der Waals surface area contributed by atoms with Crippen molar-refractivity contribution in [3.05, 3.63) is 47.5 Å². The van der Waals surface area contributed by atoms with Crippen LogP contribution < -0.4 is 0 Å². The molecule has 0 spiro atoms. The summed E-state index contributed by atoms with van der Waals surface area (Å²) in [6.45, 7) is 1.79. The van der Waals surface area contributed by atoms with E-state index >= 15 is 0 Å². The minimum atomic E-state index is -1.15. The Kier molecular flexibility index (Phi) is 2.44. The predicted octanol–water partition coefficient (Wildman–Crippen LogP) is 2.02. The van der Waals surface area contributed by atoms with E-state index in [2.05, 4.69) is 5.10 Å². The van der Waals surface area contributed by atoms with Crippen molar-refractivity contribution >= 4 is 5.97 Å². The molecule has 0 atom stereocenters. The zero-order valence-electron chi connectivity index (χ0n) is 8.51. The molecule has 0 saturated carbocycles. The van der Waals surface area contributed by atoms with Crippen LogP contribution >= 0.6 is 0 Å². The van der Waals surface area contributed by atoms with Crippen LogP contribution in [0.3, 0.4) is 0 Å². The van der Waals surface area contributed by atoms with Crippen molar-refractivity contribution in [3.8, 4) is 5.69 Å². The fourth-order valence-electron chi connectivity index (χ4n) is 1.37. The van der Waals surface area contributed by atoms with Gasteiger partial charge in [-0.1, -0.05) is 0 Å². The molecular formula is C11H9FN2O2. The molecular weight excluding hydrogens is 211 g/mol. The van der Waals surface area contributed by atoms with E-state index in [-0.39, 0.29) is 11.3 Å². The van der Waals surface area contributed by atoms with Crippen LogP contribution in [0.2, 0.25) is 0 Å². The number of carbonyl (C=O) groups is 1. The predicted molar refractivity (Wildman–Crippen MR) is 55.2 cm³/mol. The highest BCUT2D eigenvalue weighted by molar-refractivity contribution is 5.87. The molecule has 0 saturated heterocycles. The van der Waals surface area contributed by atoms with Gasteiger partial charge < -0.3 is 5.11 Å². The summed E-state index contributed by atoms with van der Waals surface area (Å²) < 4.78 is 15.0. The average Bonchev–Trinajstić information content (AvgIpc) is 2.64. The molecule has 82 valence electrons. The molecule has 1 N–H and O–H groups in total. The monoisotopic (exact) mass is 220 g/mol. The second-order valence-corrected chi connectivity index (χ2v) is 3.37. The summed E-state index contributed by atoms with van der Waals surface area (Å²) >= 11 is 0. The first-order valence-corrected chi connectivity index (χ1v) is 4.63. The number of aryl methyl sites for hydroxylation is 1. The van der Waals surface area contributed by atoms with E-state index in [1.807, 2.05) is 0 Å². The van der Waals surface area contributed by atoms with Gasteiger partial charge in [-0.15, -0.1) is 0 Å². The molecule has 1 heterocycles. The SMILES string of the molecule is Cc1ccn(-c2ccc(C(=O)O)cc2F)n1. The number of carboxylic acid groups (broad SMARTS) is 1. The lowest BCUT2D eigenvalue weighted by Crippen LogP contribution is -2.02. The van der Waals surface area contributed by atoms with Crippen molar-refractivity contribution in [1.29, 1.82) is 0 Å². The number of carboxylic acids is 1. The molecule has 0 aliphatic rings. The van der Waals surface area contributed by atoms with Crippen LogP contribution in [0.5, 0.6) is 0 Å². The van der Waals surface area contributed by atoms with Crippen LogP contribution in [-0.4, -0.2) is 20.9 Å². The first kappa shape index (κ1) is 10.4. The molecule has 0 amide bonds. The van der Waals surface area contributed by atoms with Crippen LogP contribution in [0.25, 0.3) is 5.69 Å². The van der Waals surface area contributed by atoms with Gasteiger partial charge in [0.25, 0.3) is 0 Å². The highest BCUT2D eigenvalue weighted by atomic mass is 19.1. The first-order valence-electron chi connectivity index (χ1n) is 4.63. The van der Waals surface area contributed by atoms with Crippen molar-refractivity contribution in [2.75, 3.05) is 0 Å². The Morgan fingerprint density at radius 1 is 1.44 bits per heavy atom. The van der Waals surface area contributed by atoms with Crippen molar-refractivity contribution in [2.45, 2.75) is 6.92 Å². The molecule has 2 rings (SSSR count). The molecule has 0 aliphatic heterocycles. The number of benzene rings is 1. The van der Waals surface area contributed by atoms with Gasteiger partial charge >= 0.3 is 5.97 Å². The number of aromatic nitrogens is 2. The Morgan fingerprint density at radius 3 is 2.69 bits per heavy atom. The van der Waals surface area contributed by atoms with Gasteiger partial charge in [0.15, 0.2) is 0 Å². The first-order chi connectivity index (χ1) is 7.58. The van der Waals surface area contributed by atoms with Gasteiger partial charge in [0.2, 0.25) is 0 Å². The summed E-state index contributed by atoms with van der Waals surface area (Å²) in [5.41, 5.74) is 0.921. The molecule has 4 nitrogen and oxygen atoms in total. The summed E-state index contributed by atoms with van der Waals surface area (Å²) in [5, 5.41) is 12.7. The number of halogens is 1. The lowest BCUT2D eigenvalue weighted by Gasteiger charge is -2.03. The van der Waals surface area contributed by atoms with E-state index in [1.165, 1.54) is 16.8 Å². The fourth-order valence-corrected chi connectivity index (χ4v) is 1.37. The Balaban J connectivity index is 2.47. The van der Waals surface area contributed by atoms with Crippen molar-refractivity contribution in [1.82, 2.24) is 9.78 Å². The average molecular weight is 220 g/mol. The zero-order chi connectivity index (χ0) is 11.7. The topological polar surface area (TPSA) is 55.1 Å². The van der Waals surface area contributed by atoms with Crippen LogP contribution in [0.4, 0.5) is 4.39 Å². The molecule has 0 radical (unpaired) electrons. The third-order valence-corrected chi connectivity index (χ3v) is 2.16. The maximum atomic E-state index is 13.6. The maximum absolute atomic E-state index is 13.6. The molecule has 0 unspecified atom stereocenters. The Bertz CT molecular complexity index is 549. The second kappa shape index (κ2) is 3.77. The Morgan fingerprint density at radius 2 is 2.19 bits per heavy atom. The normalized spacial score (nSPS) is 10.4.